The van der Waals surface area contributed by atoms with E-state index in [1.807, 2.05) is 24.3 Å². The number of hydrogen-bond donors (Lipinski definition) is 1. The second-order valence-corrected chi connectivity index (χ2v) is 6.51. The zero-order valence-electron chi connectivity index (χ0n) is 15.0. The van der Waals surface area contributed by atoms with Crippen LogP contribution in [0.1, 0.15) is 19.4 Å². The van der Waals surface area contributed by atoms with Crippen LogP contribution in [0.2, 0.25) is 0 Å². The molecule has 0 saturated carbocycles. The normalized spacial score (nSPS) is 20.7. The Balaban J connectivity index is 1.86. The monoisotopic (exact) mass is 351 g/mol. The van der Waals surface area contributed by atoms with E-state index in [4.69, 9.17) is 0 Å². The summed E-state index contributed by atoms with van der Waals surface area (Å²) in [5, 5.41) is 2.73. The number of urea groups is 1. The van der Waals surface area contributed by atoms with Crippen LogP contribution in [0, 0.1) is 0 Å². The standard InChI is InChI=1S/C20H21N3O3/c1-14(17(24)22(3)16-12-8-5-9-13-16)23-18(25)20(2,21-19(23)26)15-10-6-4-7-11-15/h4-14H,1-3H3,(H,21,26)/t14-,20+/m1/s1. The molecule has 2 aromatic carbocycles. The van der Waals surface area contributed by atoms with Gasteiger partial charge in [0, 0.05) is 12.7 Å². The molecule has 2 atom stereocenters. The molecule has 134 valence electrons. The average molecular weight is 351 g/mol. The van der Waals surface area contributed by atoms with Gasteiger partial charge in [-0.15, -0.1) is 0 Å². The van der Waals surface area contributed by atoms with E-state index in [1.165, 1.54) is 4.90 Å². The van der Waals surface area contributed by atoms with E-state index in [9.17, 15) is 14.4 Å². The first-order valence-corrected chi connectivity index (χ1v) is 8.40. The van der Waals surface area contributed by atoms with Crippen LogP contribution >= 0.6 is 0 Å². The van der Waals surface area contributed by atoms with Gasteiger partial charge in [-0.3, -0.25) is 9.59 Å². The average Bonchev–Trinajstić information content (AvgIpc) is 2.91. The van der Waals surface area contributed by atoms with Crippen LogP contribution in [0.15, 0.2) is 60.7 Å². The zero-order valence-corrected chi connectivity index (χ0v) is 15.0. The molecule has 1 N–H and O–H groups in total. The number of para-hydroxylation sites is 1. The Morgan fingerprint density at radius 1 is 1.04 bits per heavy atom. The van der Waals surface area contributed by atoms with Crippen LogP contribution < -0.4 is 10.2 Å². The summed E-state index contributed by atoms with van der Waals surface area (Å²) in [6, 6.07) is 16.6. The number of carbonyl (C=O) groups is 3. The lowest BCUT2D eigenvalue weighted by Gasteiger charge is -2.27. The summed E-state index contributed by atoms with van der Waals surface area (Å²) in [7, 11) is 1.63. The maximum atomic E-state index is 13.0. The number of nitrogens with zero attached hydrogens (tertiary/aromatic N) is 2. The number of rotatable bonds is 4. The minimum absolute atomic E-state index is 0.336. The highest BCUT2D eigenvalue weighted by molar-refractivity contribution is 6.11. The van der Waals surface area contributed by atoms with Crippen LogP contribution in [0.25, 0.3) is 0 Å². The Bertz CT molecular complexity index is 838. The summed E-state index contributed by atoms with van der Waals surface area (Å²) in [6.45, 7) is 3.22. The molecule has 26 heavy (non-hydrogen) atoms. The van der Waals surface area contributed by atoms with Gasteiger partial charge in [-0.1, -0.05) is 48.5 Å². The van der Waals surface area contributed by atoms with Crippen LogP contribution in [-0.4, -0.2) is 35.8 Å². The molecule has 1 aliphatic heterocycles. The molecule has 2 aromatic rings. The molecule has 0 aliphatic carbocycles. The predicted molar refractivity (Wildman–Crippen MR) is 98.5 cm³/mol. The number of benzene rings is 2. The van der Waals surface area contributed by atoms with Crippen LogP contribution in [-0.2, 0) is 15.1 Å². The summed E-state index contributed by atoms with van der Waals surface area (Å²) >= 11 is 0. The summed E-state index contributed by atoms with van der Waals surface area (Å²) in [5.74, 6) is -0.770. The van der Waals surface area contributed by atoms with Crippen LogP contribution in [0.4, 0.5) is 10.5 Å². The van der Waals surface area contributed by atoms with Gasteiger partial charge in [-0.25, -0.2) is 9.69 Å². The van der Waals surface area contributed by atoms with Crippen molar-refractivity contribution in [2.45, 2.75) is 25.4 Å². The van der Waals surface area contributed by atoms with Gasteiger partial charge in [0.15, 0.2) is 0 Å². The largest absolute Gasteiger partial charge is 0.326 e. The number of carbonyl (C=O) groups excluding carboxylic acids is 3. The van der Waals surface area contributed by atoms with Gasteiger partial charge in [0.25, 0.3) is 5.91 Å². The SMILES string of the molecule is C[C@H](C(=O)N(C)c1ccccc1)N1C(=O)N[C@@](C)(c2ccccc2)C1=O. The van der Waals surface area contributed by atoms with E-state index in [0.29, 0.717) is 11.3 Å². The van der Waals surface area contributed by atoms with Gasteiger partial charge in [0.2, 0.25) is 5.91 Å². The minimum atomic E-state index is -1.18. The fraction of sp³-hybridized carbons (Fsp3) is 0.250. The molecule has 6 heteroatoms. The number of amides is 4. The van der Waals surface area contributed by atoms with Gasteiger partial charge in [0.05, 0.1) is 0 Å². The molecule has 0 aromatic heterocycles. The van der Waals surface area contributed by atoms with Crippen molar-refractivity contribution in [2.75, 3.05) is 11.9 Å². The molecule has 0 spiro atoms. The Morgan fingerprint density at radius 3 is 2.15 bits per heavy atom. The fourth-order valence-corrected chi connectivity index (χ4v) is 3.15. The second kappa shape index (κ2) is 6.63. The maximum Gasteiger partial charge on any atom is 0.326 e. The van der Waals surface area contributed by atoms with Crippen molar-refractivity contribution in [3.63, 3.8) is 0 Å². The number of imide groups is 1. The molecular formula is C20H21N3O3. The first-order valence-electron chi connectivity index (χ1n) is 8.40. The topological polar surface area (TPSA) is 69.7 Å². The summed E-state index contributed by atoms with van der Waals surface area (Å²) in [4.78, 5) is 40.8. The van der Waals surface area contributed by atoms with E-state index in [-0.39, 0.29) is 5.91 Å². The third kappa shape index (κ3) is 2.83. The van der Waals surface area contributed by atoms with Crippen molar-refractivity contribution >= 4 is 23.5 Å². The number of hydrogen-bond acceptors (Lipinski definition) is 3. The molecular weight excluding hydrogens is 330 g/mol. The molecule has 1 heterocycles. The van der Waals surface area contributed by atoms with Crippen molar-refractivity contribution in [3.05, 3.63) is 66.2 Å². The molecule has 0 radical (unpaired) electrons. The smallest absolute Gasteiger partial charge is 0.319 e. The summed E-state index contributed by atoms with van der Waals surface area (Å²) in [6.07, 6.45) is 0. The molecule has 1 fully saturated rings. The van der Waals surface area contributed by atoms with Crippen molar-refractivity contribution in [1.82, 2.24) is 10.2 Å². The van der Waals surface area contributed by atoms with Crippen molar-refractivity contribution in [3.8, 4) is 0 Å². The van der Waals surface area contributed by atoms with Crippen LogP contribution in [0.5, 0.6) is 0 Å². The Kier molecular flexibility index (Phi) is 4.50. The molecule has 3 rings (SSSR count). The van der Waals surface area contributed by atoms with Crippen molar-refractivity contribution in [2.24, 2.45) is 0 Å². The van der Waals surface area contributed by atoms with Gasteiger partial charge in [0.1, 0.15) is 11.6 Å². The van der Waals surface area contributed by atoms with E-state index >= 15 is 0 Å². The van der Waals surface area contributed by atoms with Crippen molar-refractivity contribution < 1.29 is 14.4 Å². The third-order valence-electron chi connectivity index (χ3n) is 4.79. The highest BCUT2D eigenvalue weighted by atomic mass is 16.2. The van der Waals surface area contributed by atoms with Gasteiger partial charge >= 0.3 is 6.03 Å². The van der Waals surface area contributed by atoms with Gasteiger partial charge in [-0.2, -0.15) is 0 Å². The molecule has 1 aliphatic rings. The van der Waals surface area contributed by atoms with Crippen LogP contribution in [0.3, 0.4) is 0 Å². The van der Waals surface area contributed by atoms with E-state index in [0.717, 1.165) is 4.90 Å². The fourth-order valence-electron chi connectivity index (χ4n) is 3.15. The van der Waals surface area contributed by atoms with Gasteiger partial charge < -0.3 is 10.2 Å². The lowest BCUT2D eigenvalue weighted by atomic mass is 9.92. The number of anilines is 1. The van der Waals surface area contributed by atoms with E-state index < -0.39 is 23.5 Å². The number of nitrogens with one attached hydrogen (secondary N) is 1. The predicted octanol–water partition coefficient (Wildman–Crippen LogP) is 2.51. The second-order valence-electron chi connectivity index (χ2n) is 6.51. The Hall–Kier alpha value is -3.15. The number of likely N-dealkylation sites (N-methyl/N-ethyl adjacent to an activating group) is 1. The molecule has 4 amide bonds. The molecule has 1 saturated heterocycles. The van der Waals surface area contributed by atoms with Gasteiger partial charge in [-0.05, 0) is 31.5 Å². The molecule has 6 nitrogen and oxygen atoms in total. The first-order chi connectivity index (χ1) is 12.4. The maximum absolute atomic E-state index is 13.0. The first kappa shape index (κ1) is 17.7. The highest BCUT2D eigenvalue weighted by Gasteiger charge is 2.52. The van der Waals surface area contributed by atoms with E-state index in [2.05, 4.69) is 5.32 Å². The highest BCUT2D eigenvalue weighted by Crippen LogP contribution is 2.30. The zero-order chi connectivity index (χ0) is 18.9. The summed E-state index contributed by atoms with van der Waals surface area (Å²) in [5.41, 5.74) is 0.192. The Labute approximate surface area is 152 Å². The third-order valence-corrected chi connectivity index (χ3v) is 4.79. The van der Waals surface area contributed by atoms with E-state index in [1.54, 1.807) is 57.3 Å². The molecule has 0 unspecified atom stereocenters. The summed E-state index contributed by atoms with van der Waals surface area (Å²) < 4.78 is 0. The Morgan fingerprint density at radius 2 is 1.58 bits per heavy atom. The lowest BCUT2D eigenvalue weighted by Crippen LogP contribution is -2.49. The quantitative estimate of drug-likeness (QED) is 0.861. The van der Waals surface area contributed by atoms with Crippen molar-refractivity contribution in [1.29, 1.82) is 0 Å². The minimum Gasteiger partial charge on any atom is -0.319 e. The lowest BCUT2D eigenvalue weighted by molar-refractivity contribution is -0.136. The molecule has 0 bridgehead atoms.